The number of rotatable bonds is 4. The third-order valence-electron chi connectivity index (χ3n) is 3.46. The number of hydrogen-bond donors (Lipinski definition) is 2. The summed E-state index contributed by atoms with van der Waals surface area (Å²) in [6.07, 6.45) is 0.618. The van der Waals surface area contributed by atoms with Crippen molar-refractivity contribution in [2.24, 2.45) is 13.0 Å². The lowest BCUT2D eigenvalue weighted by Gasteiger charge is -2.12. The van der Waals surface area contributed by atoms with E-state index in [-0.39, 0.29) is 18.4 Å². The molecule has 0 saturated heterocycles. The van der Waals surface area contributed by atoms with E-state index in [0.717, 1.165) is 16.9 Å². The first-order chi connectivity index (χ1) is 9.06. The average Bonchev–Trinajstić information content (AvgIpc) is 2.66. The van der Waals surface area contributed by atoms with Crippen LogP contribution in [0.1, 0.15) is 19.2 Å². The minimum Gasteiger partial charge on any atom is -0.396 e. The molecule has 5 heteroatoms. The molecule has 2 N–H and O–H groups in total. The minimum absolute atomic E-state index is 0.132. The van der Waals surface area contributed by atoms with Gasteiger partial charge in [-0.2, -0.15) is 0 Å². The van der Waals surface area contributed by atoms with Crippen LogP contribution >= 0.6 is 0 Å². The van der Waals surface area contributed by atoms with Crippen molar-refractivity contribution in [1.29, 1.82) is 0 Å². The molecule has 0 aliphatic heterocycles. The molecule has 0 radical (unpaired) electrons. The second-order valence-electron chi connectivity index (χ2n) is 4.70. The Morgan fingerprint density at radius 2 is 2.26 bits per heavy atom. The van der Waals surface area contributed by atoms with Crippen LogP contribution in [0.4, 0.5) is 5.69 Å². The number of nitrogens with one attached hydrogen (secondary N) is 1. The molecule has 0 aliphatic carbocycles. The van der Waals surface area contributed by atoms with Crippen LogP contribution in [-0.4, -0.2) is 27.2 Å². The van der Waals surface area contributed by atoms with Gasteiger partial charge in [0.15, 0.2) is 0 Å². The van der Waals surface area contributed by atoms with Crippen molar-refractivity contribution in [2.45, 2.75) is 20.3 Å². The molecule has 1 aromatic carbocycles. The lowest BCUT2D eigenvalue weighted by atomic mass is 10.1. The second kappa shape index (κ2) is 5.40. The maximum atomic E-state index is 11.9. The molecule has 1 amide bonds. The normalized spacial score (nSPS) is 12.6. The Labute approximate surface area is 112 Å². The van der Waals surface area contributed by atoms with Gasteiger partial charge in [0.05, 0.1) is 23.6 Å². The van der Waals surface area contributed by atoms with Crippen LogP contribution in [0, 0.1) is 12.8 Å². The first-order valence-corrected chi connectivity index (χ1v) is 6.41. The van der Waals surface area contributed by atoms with Crippen molar-refractivity contribution in [3.05, 3.63) is 24.0 Å². The molecule has 0 aliphatic rings. The molecule has 1 aromatic heterocycles. The molecule has 102 valence electrons. The summed E-state index contributed by atoms with van der Waals surface area (Å²) in [5.74, 6) is 0.415. The Morgan fingerprint density at radius 1 is 1.53 bits per heavy atom. The lowest BCUT2D eigenvalue weighted by Crippen LogP contribution is -2.24. The Hall–Kier alpha value is -1.88. The zero-order valence-electron chi connectivity index (χ0n) is 11.5. The molecule has 19 heavy (non-hydrogen) atoms. The van der Waals surface area contributed by atoms with Crippen LogP contribution in [0.2, 0.25) is 0 Å². The predicted molar refractivity (Wildman–Crippen MR) is 74.9 cm³/mol. The summed E-state index contributed by atoms with van der Waals surface area (Å²) in [4.78, 5) is 16.3. The molecule has 1 heterocycles. The summed E-state index contributed by atoms with van der Waals surface area (Å²) in [7, 11) is 1.96. The monoisotopic (exact) mass is 261 g/mol. The number of hydrogen-bond acceptors (Lipinski definition) is 3. The number of aliphatic hydroxyl groups excluding tert-OH is 1. The highest BCUT2D eigenvalue weighted by Crippen LogP contribution is 2.20. The van der Waals surface area contributed by atoms with E-state index in [0.29, 0.717) is 12.1 Å². The quantitative estimate of drug-likeness (QED) is 0.882. The van der Waals surface area contributed by atoms with E-state index in [9.17, 15) is 4.79 Å². The molecule has 0 bridgehead atoms. The van der Waals surface area contributed by atoms with Gasteiger partial charge in [0.2, 0.25) is 5.91 Å². The van der Waals surface area contributed by atoms with Gasteiger partial charge in [0.25, 0.3) is 0 Å². The standard InChI is InChI=1S/C14H19N3O2/c1-4-10(8-18)14(19)16-11-5-6-13-12(7-11)15-9(2)17(13)3/h5-7,10,18H,4,8H2,1-3H3,(H,16,19). The summed E-state index contributed by atoms with van der Waals surface area (Å²) < 4.78 is 2.00. The maximum absolute atomic E-state index is 11.9. The van der Waals surface area contributed by atoms with Crippen molar-refractivity contribution >= 4 is 22.6 Å². The molecule has 0 fully saturated rings. The number of aromatic nitrogens is 2. The van der Waals surface area contributed by atoms with E-state index < -0.39 is 0 Å². The van der Waals surface area contributed by atoms with Gasteiger partial charge >= 0.3 is 0 Å². The molecule has 1 atom stereocenters. The van der Waals surface area contributed by atoms with E-state index >= 15 is 0 Å². The van der Waals surface area contributed by atoms with Gasteiger partial charge < -0.3 is 15.0 Å². The third kappa shape index (κ3) is 2.61. The van der Waals surface area contributed by atoms with Gasteiger partial charge in [-0.05, 0) is 31.5 Å². The maximum Gasteiger partial charge on any atom is 0.229 e. The smallest absolute Gasteiger partial charge is 0.229 e. The number of benzene rings is 1. The van der Waals surface area contributed by atoms with Crippen molar-refractivity contribution in [3.63, 3.8) is 0 Å². The van der Waals surface area contributed by atoms with Crippen LogP contribution in [-0.2, 0) is 11.8 Å². The molecule has 2 rings (SSSR count). The van der Waals surface area contributed by atoms with Gasteiger partial charge in [-0.25, -0.2) is 4.98 Å². The van der Waals surface area contributed by atoms with E-state index in [4.69, 9.17) is 5.11 Å². The minimum atomic E-state index is -0.360. The molecular formula is C14H19N3O2. The van der Waals surface area contributed by atoms with Crippen molar-refractivity contribution < 1.29 is 9.90 Å². The Kier molecular flexibility index (Phi) is 3.85. The first kappa shape index (κ1) is 13.5. The van der Waals surface area contributed by atoms with Gasteiger partial charge in [-0.15, -0.1) is 0 Å². The zero-order chi connectivity index (χ0) is 14.0. The van der Waals surface area contributed by atoms with E-state index in [2.05, 4.69) is 10.3 Å². The molecule has 5 nitrogen and oxygen atoms in total. The summed E-state index contributed by atoms with van der Waals surface area (Å²) in [6.45, 7) is 3.69. The SMILES string of the molecule is CCC(CO)C(=O)Nc1ccc2c(c1)nc(C)n2C. The molecule has 0 saturated carbocycles. The highest BCUT2D eigenvalue weighted by molar-refractivity contribution is 5.94. The van der Waals surface area contributed by atoms with E-state index in [1.165, 1.54) is 0 Å². The molecule has 2 aromatic rings. The predicted octanol–water partition coefficient (Wildman–Crippen LogP) is 1.84. The van der Waals surface area contributed by atoms with Crippen LogP contribution in [0.25, 0.3) is 11.0 Å². The Bertz CT molecular complexity index is 600. The van der Waals surface area contributed by atoms with Gasteiger partial charge in [-0.1, -0.05) is 6.92 Å². The largest absolute Gasteiger partial charge is 0.396 e. The highest BCUT2D eigenvalue weighted by atomic mass is 16.3. The molecular weight excluding hydrogens is 242 g/mol. The highest BCUT2D eigenvalue weighted by Gasteiger charge is 2.15. The van der Waals surface area contributed by atoms with Crippen LogP contribution < -0.4 is 5.32 Å². The van der Waals surface area contributed by atoms with Gasteiger partial charge in [-0.3, -0.25) is 4.79 Å². The van der Waals surface area contributed by atoms with Crippen molar-refractivity contribution in [1.82, 2.24) is 9.55 Å². The number of carbonyl (C=O) groups excluding carboxylic acids is 1. The van der Waals surface area contributed by atoms with Crippen LogP contribution in [0.5, 0.6) is 0 Å². The summed E-state index contributed by atoms with van der Waals surface area (Å²) >= 11 is 0. The molecule has 1 unspecified atom stereocenters. The summed E-state index contributed by atoms with van der Waals surface area (Å²) in [6, 6.07) is 5.64. The number of fused-ring (bicyclic) bond motifs is 1. The third-order valence-corrected chi connectivity index (χ3v) is 3.46. The van der Waals surface area contributed by atoms with Gasteiger partial charge in [0, 0.05) is 12.7 Å². The van der Waals surface area contributed by atoms with Gasteiger partial charge in [0.1, 0.15) is 5.82 Å². The second-order valence-corrected chi connectivity index (χ2v) is 4.70. The Balaban J connectivity index is 2.24. The number of aliphatic hydroxyl groups is 1. The van der Waals surface area contributed by atoms with Crippen LogP contribution in [0.15, 0.2) is 18.2 Å². The number of anilines is 1. The van der Waals surface area contributed by atoms with E-state index in [1.807, 2.05) is 43.7 Å². The summed E-state index contributed by atoms with van der Waals surface area (Å²) in [5, 5.41) is 11.9. The fourth-order valence-corrected chi connectivity index (χ4v) is 2.04. The van der Waals surface area contributed by atoms with Crippen molar-refractivity contribution in [2.75, 3.05) is 11.9 Å². The fraction of sp³-hybridized carbons (Fsp3) is 0.429. The first-order valence-electron chi connectivity index (χ1n) is 6.41. The number of carbonyl (C=O) groups is 1. The number of aryl methyl sites for hydroxylation is 2. The van der Waals surface area contributed by atoms with E-state index in [1.54, 1.807) is 0 Å². The Morgan fingerprint density at radius 3 is 2.89 bits per heavy atom. The number of imidazole rings is 1. The topological polar surface area (TPSA) is 67.2 Å². The number of amides is 1. The fourth-order valence-electron chi connectivity index (χ4n) is 2.04. The zero-order valence-corrected chi connectivity index (χ0v) is 11.5. The molecule has 0 spiro atoms. The van der Waals surface area contributed by atoms with Crippen molar-refractivity contribution in [3.8, 4) is 0 Å². The summed E-state index contributed by atoms with van der Waals surface area (Å²) in [5.41, 5.74) is 2.60. The van der Waals surface area contributed by atoms with Crippen LogP contribution in [0.3, 0.4) is 0 Å². The lowest BCUT2D eigenvalue weighted by molar-refractivity contribution is -0.121. The number of nitrogens with zero attached hydrogens (tertiary/aromatic N) is 2. The average molecular weight is 261 g/mol.